The molecule has 132 valence electrons. The Hall–Kier alpha value is -1.79. The highest BCUT2D eigenvalue weighted by Gasteiger charge is 2.33. The molecule has 1 amide bonds. The van der Waals surface area contributed by atoms with Gasteiger partial charge in [-0.2, -0.15) is 0 Å². The van der Waals surface area contributed by atoms with E-state index in [1.54, 1.807) is 6.07 Å². The van der Waals surface area contributed by atoms with Crippen LogP contribution < -0.4 is 14.8 Å². The number of fused-ring (bicyclic) bond motifs is 1. The number of ether oxygens (including phenoxy) is 3. The number of rotatable bonds is 5. The SMILES string of the molecule is CC1(C)Cc2cccc(OCC(=O)NCC3(O)CCOCC3)c2O1. The number of benzene rings is 1. The lowest BCUT2D eigenvalue weighted by atomic mass is 9.94. The van der Waals surface area contributed by atoms with Crippen LogP contribution >= 0.6 is 0 Å². The lowest BCUT2D eigenvalue weighted by molar-refractivity contribution is -0.125. The van der Waals surface area contributed by atoms with Crippen molar-refractivity contribution in [2.24, 2.45) is 0 Å². The molecule has 1 fully saturated rings. The molecule has 0 radical (unpaired) electrons. The van der Waals surface area contributed by atoms with Gasteiger partial charge in [-0.05, 0) is 19.9 Å². The fraction of sp³-hybridized carbons (Fsp3) is 0.611. The average molecular weight is 335 g/mol. The van der Waals surface area contributed by atoms with Gasteiger partial charge in [0.25, 0.3) is 5.91 Å². The Morgan fingerprint density at radius 3 is 2.83 bits per heavy atom. The summed E-state index contributed by atoms with van der Waals surface area (Å²) < 4.78 is 16.8. The van der Waals surface area contributed by atoms with E-state index >= 15 is 0 Å². The van der Waals surface area contributed by atoms with Crippen molar-refractivity contribution in [1.29, 1.82) is 0 Å². The molecular weight excluding hydrogens is 310 g/mol. The second kappa shape index (κ2) is 6.61. The molecule has 3 rings (SSSR count). The maximum Gasteiger partial charge on any atom is 0.258 e. The van der Waals surface area contributed by atoms with Crippen molar-refractivity contribution in [3.63, 3.8) is 0 Å². The molecule has 1 aromatic rings. The molecule has 2 aliphatic rings. The highest BCUT2D eigenvalue weighted by Crippen LogP contribution is 2.41. The van der Waals surface area contributed by atoms with Gasteiger partial charge in [-0.3, -0.25) is 4.79 Å². The Labute approximate surface area is 142 Å². The summed E-state index contributed by atoms with van der Waals surface area (Å²) in [6.07, 6.45) is 1.88. The monoisotopic (exact) mass is 335 g/mol. The number of carbonyl (C=O) groups is 1. The molecule has 2 N–H and O–H groups in total. The standard InChI is InChI=1S/C18H25NO5/c1-17(2)10-13-4-3-5-14(16(13)24-17)23-11-15(20)19-12-18(21)6-8-22-9-7-18/h3-5,21H,6-12H2,1-2H3,(H,19,20). The fourth-order valence-electron chi connectivity index (χ4n) is 3.09. The largest absolute Gasteiger partial charge is 0.483 e. The Kier molecular flexibility index (Phi) is 4.69. The van der Waals surface area contributed by atoms with Crippen LogP contribution in [-0.2, 0) is 16.0 Å². The summed E-state index contributed by atoms with van der Waals surface area (Å²) in [5.74, 6) is 1.04. The third-order valence-corrected chi connectivity index (χ3v) is 4.45. The first-order chi connectivity index (χ1) is 11.4. The van der Waals surface area contributed by atoms with E-state index in [1.165, 1.54) is 0 Å². The maximum absolute atomic E-state index is 12.0. The van der Waals surface area contributed by atoms with Crippen molar-refractivity contribution in [3.05, 3.63) is 23.8 Å². The molecule has 0 atom stereocenters. The molecule has 6 heteroatoms. The van der Waals surface area contributed by atoms with E-state index in [9.17, 15) is 9.90 Å². The van der Waals surface area contributed by atoms with Gasteiger partial charge in [-0.25, -0.2) is 0 Å². The Morgan fingerprint density at radius 1 is 1.33 bits per heavy atom. The van der Waals surface area contributed by atoms with E-state index in [4.69, 9.17) is 14.2 Å². The van der Waals surface area contributed by atoms with Gasteiger partial charge in [0.2, 0.25) is 0 Å². The van der Waals surface area contributed by atoms with Crippen LogP contribution in [0.3, 0.4) is 0 Å². The number of carbonyl (C=O) groups excluding carboxylic acids is 1. The summed E-state index contributed by atoms with van der Waals surface area (Å²) in [7, 11) is 0. The number of hydrogen-bond acceptors (Lipinski definition) is 5. The van der Waals surface area contributed by atoms with Crippen LogP contribution in [0.5, 0.6) is 11.5 Å². The molecule has 0 spiro atoms. The zero-order valence-corrected chi connectivity index (χ0v) is 14.3. The van der Waals surface area contributed by atoms with Crippen LogP contribution in [0.25, 0.3) is 0 Å². The Bertz CT molecular complexity index is 607. The van der Waals surface area contributed by atoms with Gasteiger partial charge in [0, 0.05) is 44.6 Å². The third-order valence-electron chi connectivity index (χ3n) is 4.45. The Morgan fingerprint density at radius 2 is 2.08 bits per heavy atom. The summed E-state index contributed by atoms with van der Waals surface area (Å²) in [5.41, 5.74) is -0.0415. The van der Waals surface area contributed by atoms with E-state index in [0.717, 1.165) is 17.7 Å². The average Bonchev–Trinajstić information content (AvgIpc) is 2.86. The van der Waals surface area contributed by atoms with E-state index in [0.29, 0.717) is 31.8 Å². The van der Waals surface area contributed by atoms with E-state index in [1.807, 2.05) is 26.0 Å². The molecule has 1 saturated heterocycles. The quantitative estimate of drug-likeness (QED) is 0.851. The van der Waals surface area contributed by atoms with Gasteiger partial charge < -0.3 is 24.6 Å². The summed E-state index contributed by atoms with van der Waals surface area (Å²) in [5, 5.41) is 13.1. The number of para-hydroxylation sites is 1. The van der Waals surface area contributed by atoms with Crippen LogP contribution in [0.4, 0.5) is 0 Å². The van der Waals surface area contributed by atoms with Crippen molar-refractivity contribution in [3.8, 4) is 11.5 Å². The van der Waals surface area contributed by atoms with Gasteiger partial charge in [0.1, 0.15) is 5.60 Å². The minimum Gasteiger partial charge on any atom is -0.483 e. The molecule has 1 aromatic carbocycles. The van der Waals surface area contributed by atoms with Gasteiger partial charge >= 0.3 is 0 Å². The lowest BCUT2D eigenvalue weighted by Crippen LogP contribution is -2.47. The van der Waals surface area contributed by atoms with Gasteiger partial charge in [0.05, 0.1) is 5.60 Å². The maximum atomic E-state index is 12.0. The first-order valence-corrected chi connectivity index (χ1v) is 8.38. The lowest BCUT2D eigenvalue weighted by Gasteiger charge is -2.32. The highest BCUT2D eigenvalue weighted by molar-refractivity contribution is 5.77. The van der Waals surface area contributed by atoms with Crippen LogP contribution in [0.1, 0.15) is 32.3 Å². The van der Waals surface area contributed by atoms with Crippen LogP contribution in [-0.4, -0.2) is 48.6 Å². The summed E-state index contributed by atoms with van der Waals surface area (Å²) in [6, 6.07) is 5.72. The molecule has 0 unspecified atom stereocenters. The van der Waals surface area contributed by atoms with Crippen LogP contribution in [0.15, 0.2) is 18.2 Å². The van der Waals surface area contributed by atoms with Crippen molar-refractivity contribution in [1.82, 2.24) is 5.32 Å². The summed E-state index contributed by atoms with van der Waals surface area (Å²) in [4.78, 5) is 12.0. The molecule has 0 saturated carbocycles. The second-order valence-corrected chi connectivity index (χ2v) is 7.19. The van der Waals surface area contributed by atoms with Crippen LogP contribution in [0, 0.1) is 0 Å². The van der Waals surface area contributed by atoms with Gasteiger partial charge in [-0.1, -0.05) is 12.1 Å². The first-order valence-electron chi connectivity index (χ1n) is 8.38. The summed E-state index contributed by atoms with van der Waals surface area (Å²) >= 11 is 0. The molecule has 0 aliphatic carbocycles. The van der Waals surface area contributed by atoms with Crippen molar-refractivity contribution in [2.45, 2.75) is 44.3 Å². The Balaban J connectivity index is 1.52. The molecule has 0 aromatic heterocycles. The molecule has 6 nitrogen and oxygen atoms in total. The minimum absolute atomic E-state index is 0.104. The smallest absolute Gasteiger partial charge is 0.258 e. The van der Waals surface area contributed by atoms with E-state index < -0.39 is 5.60 Å². The summed E-state index contributed by atoms with van der Waals surface area (Å²) in [6.45, 7) is 5.20. The molecule has 2 heterocycles. The number of nitrogens with one attached hydrogen (secondary N) is 1. The zero-order chi connectivity index (χ0) is 17.2. The van der Waals surface area contributed by atoms with E-state index in [-0.39, 0.29) is 24.7 Å². The topological polar surface area (TPSA) is 77.0 Å². The first kappa shape index (κ1) is 17.0. The predicted octanol–water partition coefficient (Wildman–Crippen LogP) is 1.44. The van der Waals surface area contributed by atoms with Crippen LogP contribution in [0.2, 0.25) is 0 Å². The predicted molar refractivity (Wildman–Crippen MR) is 88.4 cm³/mol. The highest BCUT2D eigenvalue weighted by atomic mass is 16.5. The number of amides is 1. The van der Waals surface area contributed by atoms with Crippen molar-refractivity contribution in [2.75, 3.05) is 26.4 Å². The molecular formula is C18H25NO5. The zero-order valence-electron chi connectivity index (χ0n) is 14.3. The minimum atomic E-state index is -0.880. The van der Waals surface area contributed by atoms with Gasteiger partial charge in [0.15, 0.2) is 18.1 Å². The van der Waals surface area contributed by atoms with E-state index in [2.05, 4.69) is 5.32 Å². The molecule has 2 aliphatic heterocycles. The fourth-order valence-corrected chi connectivity index (χ4v) is 3.09. The molecule has 0 bridgehead atoms. The molecule has 24 heavy (non-hydrogen) atoms. The van der Waals surface area contributed by atoms with Gasteiger partial charge in [-0.15, -0.1) is 0 Å². The van der Waals surface area contributed by atoms with Crippen molar-refractivity contribution >= 4 is 5.91 Å². The third kappa shape index (κ3) is 3.99. The normalized spacial score (nSPS) is 20.8. The second-order valence-electron chi connectivity index (χ2n) is 7.19. The number of hydrogen-bond donors (Lipinski definition) is 2. The van der Waals surface area contributed by atoms with Crippen molar-refractivity contribution < 1.29 is 24.1 Å². The number of aliphatic hydroxyl groups is 1.